The first-order chi connectivity index (χ1) is 12.4. The van der Waals surface area contributed by atoms with Crippen molar-refractivity contribution in [2.75, 3.05) is 18.8 Å². The van der Waals surface area contributed by atoms with E-state index in [1.165, 1.54) is 0 Å². The van der Waals surface area contributed by atoms with Gasteiger partial charge in [-0.25, -0.2) is 8.42 Å². The third kappa shape index (κ3) is 6.12. The van der Waals surface area contributed by atoms with Crippen LogP contribution in [0.1, 0.15) is 25.5 Å². The molecule has 0 fully saturated rings. The molecule has 0 aliphatic heterocycles. The van der Waals surface area contributed by atoms with Crippen LogP contribution in [0.15, 0.2) is 57.0 Å². The van der Waals surface area contributed by atoms with Gasteiger partial charge in [0.25, 0.3) is 0 Å². The molecule has 0 spiro atoms. The normalized spacial score (nSPS) is 14.7. The molecule has 0 saturated carbocycles. The Bertz CT molecular complexity index is 790. The standard InChI is InChI=1S/C18H25N3O3S2/c1-3-19-18(21-14(2)15-8-5-4-6-9-15)20-12-16(22)13-26(23,24)17-10-7-11-25-17/h4-11,14,16,22H,3,12-13H2,1-2H3,(H2,19,20,21). The van der Waals surface area contributed by atoms with Gasteiger partial charge in [0.2, 0.25) is 0 Å². The highest BCUT2D eigenvalue weighted by Gasteiger charge is 2.20. The molecule has 1 aromatic carbocycles. The Kier molecular flexibility index (Phi) is 7.62. The first kappa shape index (κ1) is 20.4. The van der Waals surface area contributed by atoms with E-state index in [4.69, 9.17) is 0 Å². The molecule has 2 unspecified atom stereocenters. The van der Waals surface area contributed by atoms with Crippen LogP contribution in [0.3, 0.4) is 0 Å². The monoisotopic (exact) mass is 395 g/mol. The number of guanidine groups is 1. The number of nitrogens with zero attached hydrogens (tertiary/aromatic N) is 1. The molecule has 3 N–H and O–H groups in total. The predicted molar refractivity (Wildman–Crippen MR) is 106 cm³/mol. The van der Waals surface area contributed by atoms with Crippen LogP contribution in [0.25, 0.3) is 0 Å². The van der Waals surface area contributed by atoms with E-state index in [2.05, 4.69) is 15.6 Å². The lowest BCUT2D eigenvalue weighted by atomic mass is 10.1. The quantitative estimate of drug-likeness (QED) is 0.471. The van der Waals surface area contributed by atoms with Gasteiger partial charge in [0.15, 0.2) is 15.8 Å². The van der Waals surface area contributed by atoms with Crippen LogP contribution < -0.4 is 10.6 Å². The summed E-state index contributed by atoms with van der Waals surface area (Å²) in [5.74, 6) is 0.196. The molecule has 0 radical (unpaired) electrons. The number of aliphatic hydroxyl groups excluding tert-OH is 1. The second-order valence-electron chi connectivity index (χ2n) is 5.86. The molecule has 0 amide bonds. The lowest BCUT2D eigenvalue weighted by Crippen LogP contribution is -2.39. The second kappa shape index (κ2) is 9.70. The number of hydrogen-bond donors (Lipinski definition) is 3. The third-order valence-electron chi connectivity index (χ3n) is 3.67. The van der Waals surface area contributed by atoms with Crippen LogP contribution in [0.4, 0.5) is 0 Å². The summed E-state index contributed by atoms with van der Waals surface area (Å²) in [6, 6.07) is 13.2. The molecular formula is C18H25N3O3S2. The van der Waals surface area contributed by atoms with E-state index in [9.17, 15) is 13.5 Å². The van der Waals surface area contributed by atoms with Crippen molar-refractivity contribution in [3.05, 3.63) is 53.4 Å². The maximum Gasteiger partial charge on any atom is 0.191 e. The molecule has 26 heavy (non-hydrogen) atoms. The number of benzene rings is 1. The smallest absolute Gasteiger partial charge is 0.191 e. The first-order valence-electron chi connectivity index (χ1n) is 8.46. The zero-order chi connectivity index (χ0) is 19.0. The number of aliphatic imine (C=N–C) groups is 1. The van der Waals surface area contributed by atoms with Crippen molar-refractivity contribution in [2.24, 2.45) is 4.99 Å². The van der Waals surface area contributed by atoms with Crippen molar-refractivity contribution in [3.8, 4) is 0 Å². The van der Waals surface area contributed by atoms with Crippen molar-refractivity contribution in [1.29, 1.82) is 0 Å². The Morgan fingerprint density at radius 3 is 2.58 bits per heavy atom. The molecule has 0 saturated heterocycles. The average Bonchev–Trinajstić information content (AvgIpc) is 3.16. The van der Waals surface area contributed by atoms with Crippen LogP contribution in [0.5, 0.6) is 0 Å². The van der Waals surface area contributed by atoms with Gasteiger partial charge >= 0.3 is 0 Å². The highest BCUT2D eigenvalue weighted by Crippen LogP contribution is 2.18. The summed E-state index contributed by atoms with van der Waals surface area (Å²) in [5, 5.41) is 18.2. The molecule has 0 aliphatic carbocycles. The topological polar surface area (TPSA) is 90.8 Å². The summed E-state index contributed by atoms with van der Waals surface area (Å²) in [6.07, 6.45) is -1.07. The molecule has 2 atom stereocenters. The highest BCUT2D eigenvalue weighted by molar-refractivity contribution is 7.93. The third-order valence-corrected chi connectivity index (χ3v) is 6.96. The maximum absolute atomic E-state index is 12.2. The second-order valence-corrected chi connectivity index (χ2v) is 9.07. The van der Waals surface area contributed by atoms with Crippen LogP contribution >= 0.6 is 11.3 Å². The first-order valence-corrected chi connectivity index (χ1v) is 11.0. The molecule has 2 aromatic rings. The lowest BCUT2D eigenvalue weighted by Gasteiger charge is -2.18. The van der Waals surface area contributed by atoms with Gasteiger partial charge in [-0.2, -0.15) is 0 Å². The van der Waals surface area contributed by atoms with Gasteiger partial charge in [-0.3, -0.25) is 4.99 Å². The van der Waals surface area contributed by atoms with Crippen LogP contribution in [-0.2, 0) is 9.84 Å². The van der Waals surface area contributed by atoms with Crippen LogP contribution in [0.2, 0.25) is 0 Å². The molecule has 1 heterocycles. The van der Waals surface area contributed by atoms with Crippen molar-refractivity contribution >= 4 is 27.1 Å². The van der Waals surface area contributed by atoms with Gasteiger partial charge in [0.1, 0.15) is 4.21 Å². The van der Waals surface area contributed by atoms with Gasteiger partial charge in [0, 0.05) is 6.54 Å². The van der Waals surface area contributed by atoms with E-state index >= 15 is 0 Å². The summed E-state index contributed by atoms with van der Waals surface area (Å²) in [6.45, 7) is 4.63. The van der Waals surface area contributed by atoms with Crippen LogP contribution in [0, 0.1) is 0 Å². The number of thiophene rings is 1. The van der Waals surface area contributed by atoms with Gasteiger partial charge in [-0.05, 0) is 30.9 Å². The lowest BCUT2D eigenvalue weighted by molar-refractivity contribution is 0.206. The van der Waals surface area contributed by atoms with Crippen molar-refractivity contribution in [2.45, 2.75) is 30.2 Å². The van der Waals surface area contributed by atoms with Gasteiger partial charge < -0.3 is 15.7 Å². The number of rotatable bonds is 8. The summed E-state index contributed by atoms with van der Waals surface area (Å²) < 4.78 is 24.7. The molecule has 142 valence electrons. The number of hydrogen-bond acceptors (Lipinski definition) is 5. The zero-order valence-corrected chi connectivity index (χ0v) is 16.6. The number of aliphatic hydroxyl groups is 1. The predicted octanol–water partition coefficient (Wildman–Crippen LogP) is 2.20. The number of nitrogens with one attached hydrogen (secondary N) is 2. The van der Waals surface area contributed by atoms with E-state index in [0.29, 0.717) is 12.5 Å². The van der Waals surface area contributed by atoms with Crippen LogP contribution in [-0.4, -0.2) is 44.4 Å². The fourth-order valence-electron chi connectivity index (χ4n) is 2.38. The average molecular weight is 396 g/mol. The van der Waals surface area contributed by atoms with Gasteiger partial charge in [-0.1, -0.05) is 36.4 Å². The summed E-state index contributed by atoms with van der Waals surface area (Å²) in [4.78, 5) is 4.33. The van der Waals surface area contributed by atoms with E-state index in [-0.39, 0.29) is 22.5 Å². The minimum absolute atomic E-state index is 0.00144. The Balaban J connectivity index is 1.97. The van der Waals surface area contributed by atoms with Crippen molar-refractivity contribution < 1.29 is 13.5 Å². The SMILES string of the molecule is CCNC(=NCC(O)CS(=O)(=O)c1cccs1)NC(C)c1ccccc1. The fraction of sp³-hybridized carbons (Fsp3) is 0.389. The minimum atomic E-state index is -3.48. The highest BCUT2D eigenvalue weighted by atomic mass is 32.2. The minimum Gasteiger partial charge on any atom is -0.390 e. The zero-order valence-electron chi connectivity index (χ0n) is 14.9. The molecule has 6 nitrogen and oxygen atoms in total. The fourth-order valence-corrected chi connectivity index (χ4v) is 4.84. The van der Waals surface area contributed by atoms with E-state index < -0.39 is 15.9 Å². The van der Waals surface area contributed by atoms with Gasteiger partial charge in [-0.15, -0.1) is 11.3 Å². The molecular weight excluding hydrogens is 370 g/mol. The molecule has 2 rings (SSSR count). The van der Waals surface area contributed by atoms with E-state index in [1.54, 1.807) is 17.5 Å². The number of sulfone groups is 1. The van der Waals surface area contributed by atoms with Crippen molar-refractivity contribution in [1.82, 2.24) is 10.6 Å². The summed E-state index contributed by atoms with van der Waals surface area (Å²) >= 11 is 1.15. The molecule has 8 heteroatoms. The largest absolute Gasteiger partial charge is 0.390 e. The Morgan fingerprint density at radius 2 is 1.96 bits per heavy atom. The Labute approximate surface area is 158 Å². The summed E-state index contributed by atoms with van der Waals surface area (Å²) in [5.41, 5.74) is 1.11. The Morgan fingerprint density at radius 1 is 1.23 bits per heavy atom. The van der Waals surface area contributed by atoms with Gasteiger partial charge in [0.05, 0.1) is 24.4 Å². The van der Waals surface area contributed by atoms with E-state index in [0.717, 1.165) is 16.9 Å². The Hall–Kier alpha value is -1.90. The molecule has 1 aromatic heterocycles. The van der Waals surface area contributed by atoms with Crippen molar-refractivity contribution in [3.63, 3.8) is 0 Å². The molecule has 0 aliphatic rings. The molecule has 0 bridgehead atoms. The maximum atomic E-state index is 12.2. The van der Waals surface area contributed by atoms with E-state index in [1.807, 2.05) is 44.2 Å². The summed E-state index contributed by atoms with van der Waals surface area (Å²) in [7, 11) is -3.48.